The van der Waals surface area contributed by atoms with Gasteiger partial charge in [-0.2, -0.15) is 0 Å². The van der Waals surface area contributed by atoms with E-state index in [4.69, 9.17) is 4.74 Å². The molecule has 46 heavy (non-hydrogen) atoms. The van der Waals surface area contributed by atoms with Crippen molar-refractivity contribution in [2.45, 2.75) is 200 Å². The number of hydrogen-bond donors (Lipinski definition) is 0. The Balaban J connectivity index is 4.00. The number of rotatable bonds is 35. The van der Waals surface area contributed by atoms with E-state index in [0.29, 0.717) is 6.42 Å². The van der Waals surface area contributed by atoms with Crippen molar-refractivity contribution in [3.63, 3.8) is 0 Å². The van der Waals surface area contributed by atoms with Crippen molar-refractivity contribution >= 4 is 5.97 Å². The Kier molecular flexibility index (Phi) is 36.5. The Morgan fingerprint density at radius 3 is 1.41 bits per heavy atom. The molecule has 0 aromatic heterocycles. The van der Waals surface area contributed by atoms with Gasteiger partial charge in [0, 0.05) is 6.42 Å². The monoisotopic (exact) mass is 642 g/mol. The lowest BCUT2D eigenvalue weighted by molar-refractivity contribution is -0.150. The van der Waals surface area contributed by atoms with Crippen molar-refractivity contribution in [1.29, 1.82) is 0 Å². The van der Waals surface area contributed by atoms with E-state index in [0.717, 1.165) is 45.1 Å². The van der Waals surface area contributed by atoms with Crippen LogP contribution in [-0.4, -0.2) is 37.6 Å². The summed E-state index contributed by atoms with van der Waals surface area (Å²) in [5.41, 5.74) is 0. The minimum absolute atomic E-state index is 0.00766. The van der Waals surface area contributed by atoms with Gasteiger partial charge in [0.15, 0.2) is 0 Å². The molecule has 1 atom stereocenters. The summed E-state index contributed by atoms with van der Waals surface area (Å²) in [5, 5.41) is 0. The van der Waals surface area contributed by atoms with Crippen molar-refractivity contribution in [1.82, 2.24) is 4.90 Å². The highest BCUT2D eigenvalue weighted by molar-refractivity contribution is 5.69. The van der Waals surface area contributed by atoms with Gasteiger partial charge in [0.1, 0.15) is 6.10 Å². The van der Waals surface area contributed by atoms with Crippen LogP contribution in [-0.2, 0) is 9.53 Å². The van der Waals surface area contributed by atoms with E-state index in [1.54, 1.807) is 0 Å². The molecular formula is C43H79NO2. The first kappa shape index (κ1) is 44.4. The standard InChI is InChI=1S/C43H79NO2/c1-5-7-9-11-13-15-17-19-21-23-25-27-29-31-33-35-38-42(46-43(45)40-37-41-44(3)4)39-36-34-32-30-28-26-24-22-20-18-16-14-12-10-8-6-2/h7,9,13,15,19-22,42H,5-6,8,10-12,14,16-18,23-41H2,1-4H3. The van der Waals surface area contributed by atoms with Gasteiger partial charge in [-0.15, -0.1) is 0 Å². The largest absolute Gasteiger partial charge is 0.462 e. The van der Waals surface area contributed by atoms with Crippen LogP contribution in [0.3, 0.4) is 0 Å². The Morgan fingerprint density at radius 2 is 0.935 bits per heavy atom. The summed E-state index contributed by atoms with van der Waals surface area (Å²) in [7, 11) is 4.12. The van der Waals surface area contributed by atoms with E-state index in [1.807, 2.05) is 0 Å². The molecule has 0 heterocycles. The highest BCUT2D eigenvalue weighted by Gasteiger charge is 2.14. The molecule has 3 heteroatoms. The first-order valence-electron chi connectivity index (χ1n) is 20.0. The maximum absolute atomic E-state index is 12.5. The molecule has 0 saturated carbocycles. The summed E-state index contributed by atoms with van der Waals surface area (Å²) >= 11 is 0. The van der Waals surface area contributed by atoms with Crippen LogP contribution < -0.4 is 0 Å². The van der Waals surface area contributed by atoms with E-state index in [2.05, 4.69) is 81.5 Å². The molecule has 0 amide bonds. The molecule has 1 unspecified atom stereocenters. The topological polar surface area (TPSA) is 29.5 Å². The van der Waals surface area contributed by atoms with Crippen LogP contribution in [0.15, 0.2) is 48.6 Å². The number of nitrogens with zero attached hydrogens (tertiary/aromatic N) is 1. The zero-order valence-electron chi connectivity index (χ0n) is 31.5. The summed E-state index contributed by atoms with van der Waals surface area (Å²) in [5.74, 6) is 0.00766. The quantitative estimate of drug-likeness (QED) is 0.0392. The lowest BCUT2D eigenvalue weighted by Crippen LogP contribution is -2.20. The molecule has 0 aliphatic carbocycles. The van der Waals surface area contributed by atoms with Gasteiger partial charge in [-0.3, -0.25) is 4.79 Å². The van der Waals surface area contributed by atoms with Crippen LogP contribution in [0.25, 0.3) is 0 Å². The molecule has 0 fully saturated rings. The van der Waals surface area contributed by atoms with Crippen LogP contribution in [0.2, 0.25) is 0 Å². The van der Waals surface area contributed by atoms with E-state index < -0.39 is 0 Å². The second kappa shape index (κ2) is 37.8. The third-order valence-electron chi connectivity index (χ3n) is 8.75. The Morgan fingerprint density at radius 1 is 0.522 bits per heavy atom. The summed E-state index contributed by atoms with van der Waals surface area (Å²) in [6.07, 6.45) is 52.8. The Labute approximate surface area is 288 Å². The van der Waals surface area contributed by atoms with E-state index in [-0.39, 0.29) is 12.1 Å². The average molecular weight is 642 g/mol. The van der Waals surface area contributed by atoms with Gasteiger partial charge < -0.3 is 9.64 Å². The minimum atomic E-state index is 0.00766. The number of allylic oxidation sites excluding steroid dienone is 8. The lowest BCUT2D eigenvalue weighted by Gasteiger charge is -2.18. The first-order valence-corrected chi connectivity index (χ1v) is 20.0. The molecule has 0 rings (SSSR count). The fraction of sp³-hybridized carbons (Fsp3) is 0.791. The zero-order chi connectivity index (χ0) is 33.6. The van der Waals surface area contributed by atoms with Crippen LogP contribution in [0.4, 0.5) is 0 Å². The fourth-order valence-electron chi connectivity index (χ4n) is 5.83. The summed E-state index contributed by atoms with van der Waals surface area (Å²) in [6.45, 7) is 5.40. The van der Waals surface area contributed by atoms with Gasteiger partial charge in [0.25, 0.3) is 0 Å². The molecule has 0 N–H and O–H groups in total. The van der Waals surface area contributed by atoms with Crippen LogP contribution >= 0.6 is 0 Å². The second-order valence-electron chi connectivity index (χ2n) is 13.7. The number of ether oxygens (including phenoxy) is 1. The van der Waals surface area contributed by atoms with E-state index in [9.17, 15) is 4.79 Å². The van der Waals surface area contributed by atoms with Gasteiger partial charge in [-0.1, -0.05) is 146 Å². The van der Waals surface area contributed by atoms with Gasteiger partial charge in [-0.05, 0) is 111 Å². The van der Waals surface area contributed by atoms with Crippen molar-refractivity contribution < 1.29 is 9.53 Å². The molecule has 0 aliphatic heterocycles. The van der Waals surface area contributed by atoms with Crippen LogP contribution in [0.5, 0.6) is 0 Å². The third kappa shape index (κ3) is 36.9. The molecule has 0 radical (unpaired) electrons. The highest BCUT2D eigenvalue weighted by atomic mass is 16.5. The highest BCUT2D eigenvalue weighted by Crippen LogP contribution is 2.18. The zero-order valence-corrected chi connectivity index (χ0v) is 31.5. The van der Waals surface area contributed by atoms with Crippen LogP contribution in [0.1, 0.15) is 194 Å². The second-order valence-corrected chi connectivity index (χ2v) is 13.7. The summed E-state index contributed by atoms with van der Waals surface area (Å²) in [4.78, 5) is 14.7. The molecule has 0 spiro atoms. The molecule has 0 saturated heterocycles. The van der Waals surface area contributed by atoms with Crippen LogP contribution in [0, 0.1) is 0 Å². The maximum atomic E-state index is 12.5. The molecule has 0 bridgehead atoms. The van der Waals surface area contributed by atoms with E-state index >= 15 is 0 Å². The summed E-state index contributed by atoms with van der Waals surface area (Å²) < 4.78 is 6.00. The minimum Gasteiger partial charge on any atom is -0.462 e. The Hall–Kier alpha value is -1.61. The normalized spacial score (nSPS) is 13.0. The Bertz CT molecular complexity index is 735. The number of esters is 1. The predicted molar refractivity (Wildman–Crippen MR) is 206 cm³/mol. The van der Waals surface area contributed by atoms with Crippen molar-refractivity contribution in [2.24, 2.45) is 0 Å². The smallest absolute Gasteiger partial charge is 0.306 e. The van der Waals surface area contributed by atoms with Crippen molar-refractivity contribution in [3.8, 4) is 0 Å². The lowest BCUT2D eigenvalue weighted by atomic mass is 10.0. The third-order valence-corrected chi connectivity index (χ3v) is 8.75. The van der Waals surface area contributed by atoms with Gasteiger partial charge in [0.05, 0.1) is 0 Å². The number of carbonyl (C=O) groups is 1. The SMILES string of the molecule is CCC=CCC=CCC=CCCCCCCCCC(CCCCCCCCC=CCCCCCCCC)OC(=O)CCCN(C)C. The fourth-order valence-corrected chi connectivity index (χ4v) is 5.83. The molecule has 3 nitrogen and oxygen atoms in total. The van der Waals surface area contributed by atoms with Gasteiger partial charge in [-0.25, -0.2) is 0 Å². The van der Waals surface area contributed by atoms with Crippen molar-refractivity contribution in [2.75, 3.05) is 20.6 Å². The predicted octanol–water partition coefficient (Wildman–Crippen LogP) is 13.6. The molecular weight excluding hydrogens is 562 g/mol. The van der Waals surface area contributed by atoms with Gasteiger partial charge >= 0.3 is 5.97 Å². The van der Waals surface area contributed by atoms with Gasteiger partial charge in [0.2, 0.25) is 0 Å². The first-order chi connectivity index (χ1) is 22.6. The van der Waals surface area contributed by atoms with Crippen molar-refractivity contribution in [3.05, 3.63) is 48.6 Å². The molecule has 0 aromatic carbocycles. The maximum Gasteiger partial charge on any atom is 0.306 e. The molecule has 0 aliphatic rings. The number of unbranched alkanes of at least 4 members (excludes halogenated alkanes) is 18. The van der Waals surface area contributed by atoms with E-state index in [1.165, 1.54) is 135 Å². The number of carbonyl (C=O) groups excluding carboxylic acids is 1. The average Bonchev–Trinajstić information content (AvgIpc) is 3.04. The number of hydrogen-bond acceptors (Lipinski definition) is 3. The summed E-state index contributed by atoms with van der Waals surface area (Å²) in [6, 6.07) is 0. The molecule has 0 aromatic rings. The molecule has 268 valence electrons.